The lowest BCUT2D eigenvalue weighted by Gasteiger charge is -2.19. The summed E-state index contributed by atoms with van der Waals surface area (Å²) in [5.41, 5.74) is 12.4. The predicted octanol–water partition coefficient (Wildman–Crippen LogP) is 10.3. The molecule has 4 aromatic carbocycles. The molecule has 0 aliphatic carbocycles. The van der Waals surface area contributed by atoms with E-state index in [1.165, 1.54) is 55.7 Å². The standard InChI is InChI=1S/C30H24Br4/c31-17-21-1-9-25(10-2-21)29(26-11-3-22(18-32)4-12-26)30(27-13-5-23(19-33)6-14-27)28-15-7-24(20-34)8-16-28/h1-16H,17-20H2. The number of alkyl halides is 4. The smallest absolute Gasteiger partial charge is 0.0283 e. The quantitative estimate of drug-likeness (QED) is 0.127. The molecule has 0 aliphatic rings. The number of halogens is 4. The Hall–Kier alpha value is -1.46. The minimum Gasteiger partial charge on any atom is -0.0876 e. The van der Waals surface area contributed by atoms with Crippen LogP contribution in [0.4, 0.5) is 0 Å². The lowest BCUT2D eigenvalue weighted by atomic mass is 9.85. The van der Waals surface area contributed by atoms with Crippen molar-refractivity contribution in [3.63, 3.8) is 0 Å². The van der Waals surface area contributed by atoms with Gasteiger partial charge in [0, 0.05) is 21.3 Å². The molecule has 0 aliphatic heterocycles. The Morgan fingerprint density at radius 2 is 0.500 bits per heavy atom. The summed E-state index contributed by atoms with van der Waals surface area (Å²) in [5, 5.41) is 3.39. The maximum Gasteiger partial charge on any atom is 0.0283 e. The molecule has 34 heavy (non-hydrogen) atoms. The second-order valence-electron chi connectivity index (χ2n) is 8.07. The molecule has 4 aromatic rings. The highest BCUT2D eigenvalue weighted by molar-refractivity contribution is 9.09. The topological polar surface area (TPSA) is 0 Å². The number of rotatable bonds is 8. The highest BCUT2D eigenvalue weighted by atomic mass is 79.9. The van der Waals surface area contributed by atoms with Gasteiger partial charge in [-0.25, -0.2) is 0 Å². The third kappa shape index (κ3) is 6.02. The Kier molecular flexibility index (Phi) is 9.41. The van der Waals surface area contributed by atoms with Crippen LogP contribution in [0.25, 0.3) is 11.1 Å². The van der Waals surface area contributed by atoms with E-state index in [0.717, 1.165) is 21.3 Å². The molecule has 0 spiro atoms. The van der Waals surface area contributed by atoms with Gasteiger partial charge in [-0.2, -0.15) is 0 Å². The molecule has 4 rings (SSSR count). The first kappa shape index (κ1) is 25.6. The second kappa shape index (κ2) is 12.5. The van der Waals surface area contributed by atoms with Crippen molar-refractivity contribution in [3.8, 4) is 0 Å². The largest absolute Gasteiger partial charge is 0.0876 e. The van der Waals surface area contributed by atoms with Gasteiger partial charge in [0.2, 0.25) is 0 Å². The SMILES string of the molecule is BrCc1ccc(C(=C(c2ccc(CBr)cc2)c2ccc(CBr)cc2)c2ccc(CBr)cc2)cc1. The van der Waals surface area contributed by atoms with Gasteiger partial charge in [0.05, 0.1) is 0 Å². The summed E-state index contributed by atoms with van der Waals surface area (Å²) in [7, 11) is 0. The third-order valence-corrected chi connectivity index (χ3v) is 8.43. The molecule has 0 aromatic heterocycles. The zero-order valence-electron chi connectivity index (χ0n) is 18.6. The van der Waals surface area contributed by atoms with Gasteiger partial charge in [0.15, 0.2) is 0 Å². The first-order valence-electron chi connectivity index (χ1n) is 11.0. The zero-order chi connectivity index (χ0) is 23.9. The minimum absolute atomic E-state index is 0.848. The van der Waals surface area contributed by atoms with Gasteiger partial charge >= 0.3 is 0 Å². The molecule has 0 bridgehead atoms. The first-order valence-corrected chi connectivity index (χ1v) is 15.5. The van der Waals surface area contributed by atoms with Crippen molar-refractivity contribution in [3.05, 3.63) is 142 Å². The molecule has 0 saturated heterocycles. The molecule has 0 unspecified atom stereocenters. The fourth-order valence-corrected chi connectivity index (χ4v) is 5.45. The fraction of sp³-hybridized carbons (Fsp3) is 0.133. The van der Waals surface area contributed by atoms with Crippen LogP contribution in [0.1, 0.15) is 44.5 Å². The van der Waals surface area contributed by atoms with Crippen LogP contribution in [-0.4, -0.2) is 0 Å². The van der Waals surface area contributed by atoms with Crippen molar-refractivity contribution in [1.82, 2.24) is 0 Å². The monoisotopic (exact) mass is 700 g/mol. The van der Waals surface area contributed by atoms with E-state index in [0.29, 0.717) is 0 Å². The van der Waals surface area contributed by atoms with E-state index in [1.807, 2.05) is 0 Å². The van der Waals surface area contributed by atoms with Gasteiger partial charge in [0.25, 0.3) is 0 Å². The van der Waals surface area contributed by atoms with Crippen LogP contribution in [0.5, 0.6) is 0 Å². The number of hydrogen-bond donors (Lipinski definition) is 0. The Morgan fingerprint density at radius 1 is 0.324 bits per heavy atom. The fourth-order valence-electron chi connectivity index (χ4n) is 3.95. The zero-order valence-corrected chi connectivity index (χ0v) is 24.9. The van der Waals surface area contributed by atoms with Crippen molar-refractivity contribution in [2.24, 2.45) is 0 Å². The lowest BCUT2D eigenvalue weighted by Crippen LogP contribution is -1.99. The summed E-state index contributed by atoms with van der Waals surface area (Å²) < 4.78 is 0. The minimum atomic E-state index is 0.848. The maximum absolute atomic E-state index is 3.59. The Morgan fingerprint density at radius 3 is 0.647 bits per heavy atom. The van der Waals surface area contributed by atoms with Gasteiger partial charge in [0.1, 0.15) is 0 Å². The molecule has 4 heteroatoms. The van der Waals surface area contributed by atoms with Crippen molar-refractivity contribution < 1.29 is 0 Å². The van der Waals surface area contributed by atoms with Crippen LogP contribution in [0, 0.1) is 0 Å². The Balaban J connectivity index is 2.02. The average Bonchev–Trinajstić information content (AvgIpc) is 2.92. The highest BCUT2D eigenvalue weighted by Gasteiger charge is 2.17. The highest BCUT2D eigenvalue weighted by Crippen LogP contribution is 2.37. The van der Waals surface area contributed by atoms with Gasteiger partial charge in [-0.15, -0.1) is 0 Å². The molecule has 172 valence electrons. The van der Waals surface area contributed by atoms with E-state index in [2.05, 4.69) is 161 Å². The first-order chi connectivity index (χ1) is 16.7. The van der Waals surface area contributed by atoms with Crippen molar-refractivity contribution in [1.29, 1.82) is 0 Å². The van der Waals surface area contributed by atoms with Crippen molar-refractivity contribution in [2.75, 3.05) is 0 Å². The Labute approximate surface area is 236 Å². The molecule has 0 fully saturated rings. The molecule has 0 amide bonds. The van der Waals surface area contributed by atoms with Crippen LogP contribution in [0.15, 0.2) is 97.1 Å². The predicted molar refractivity (Wildman–Crippen MR) is 161 cm³/mol. The summed E-state index contributed by atoms with van der Waals surface area (Å²) in [6.45, 7) is 0. The Bertz CT molecular complexity index is 1040. The van der Waals surface area contributed by atoms with Crippen molar-refractivity contribution >= 4 is 74.9 Å². The van der Waals surface area contributed by atoms with Crippen LogP contribution in [0.2, 0.25) is 0 Å². The third-order valence-electron chi connectivity index (χ3n) is 5.84. The van der Waals surface area contributed by atoms with E-state index >= 15 is 0 Å². The molecule has 0 N–H and O–H groups in total. The average molecular weight is 704 g/mol. The van der Waals surface area contributed by atoms with Gasteiger partial charge in [-0.05, 0) is 55.7 Å². The maximum atomic E-state index is 3.59. The van der Waals surface area contributed by atoms with Gasteiger partial charge < -0.3 is 0 Å². The summed E-state index contributed by atoms with van der Waals surface area (Å²) in [6.07, 6.45) is 0. The van der Waals surface area contributed by atoms with E-state index in [1.54, 1.807) is 0 Å². The molecular formula is C30H24Br4. The van der Waals surface area contributed by atoms with E-state index < -0.39 is 0 Å². The molecule has 0 atom stereocenters. The van der Waals surface area contributed by atoms with Gasteiger partial charge in [-0.3, -0.25) is 0 Å². The molecule has 0 saturated carbocycles. The normalized spacial score (nSPS) is 10.8. The lowest BCUT2D eigenvalue weighted by molar-refractivity contribution is 1.38. The van der Waals surface area contributed by atoms with E-state index in [4.69, 9.17) is 0 Å². The van der Waals surface area contributed by atoms with Crippen LogP contribution >= 0.6 is 63.7 Å². The van der Waals surface area contributed by atoms with Crippen LogP contribution in [0.3, 0.4) is 0 Å². The van der Waals surface area contributed by atoms with Crippen molar-refractivity contribution in [2.45, 2.75) is 21.3 Å². The van der Waals surface area contributed by atoms with Crippen LogP contribution < -0.4 is 0 Å². The molecule has 0 heterocycles. The van der Waals surface area contributed by atoms with E-state index in [9.17, 15) is 0 Å². The van der Waals surface area contributed by atoms with Crippen LogP contribution in [-0.2, 0) is 21.3 Å². The van der Waals surface area contributed by atoms with E-state index in [-0.39, 0.29) is 0 Å². The number of benzene rings is 4. The second-order valence-corrected chi connectivity index (χ2v) is 10.3. The summed E-state index contributed by atoms with van der Waals surface area (Å²) >= 11 is 14.3. The molecular weight excluding hydrogens is 680 g/mol. The summed E-state index contributed by atoms with van der Waals surface area (Å²) in [4.78, 5) is 0. The number of hydrogen-bond acceptors (Lipinski definition) is 0. The molecule has 0 radical (unpaired) electrons. The summed E-state index contributed by atoms with van der Waals surface area (Å²) in [5.74, 6) is 0. The molecule has 0 nitrogen and oxygen atoms in total. The summed E-state index contributed by atoms with van der Waals surface area (Å²) in [6, 6.07) is 35.6. The van der Waals surface area contributed by atoms with Gasteiger partial charge in [-0.1, -0.05) is 161 Å².